The molecule has 0 bridgehead atoms. The monoisotopic (exact) mass is 243 g/mol. The first kappa shape index (κ1) is 14.0. The molecule has 3 N–H and O–H groups in total. The number of aliphatic hydroxyl groups is 1. The van der Waals surface area contributed by atoms with E-state index in [4.69, 9.17) is 5.11 Å². The van der Waals surface area contributed by atoms with Crippen LogP contribution in [0.1, 0.15) is 51.4 Å². The van der Waals surface area contributed by atoms with Crippen LogP contribution in [0.5, 0.6) is 0 Å². The lowest BCUT2D eigenvalue weighted by molar-refractivity contribution is -0.139. The van der Waals surface area contributed by atoms with E-state index in [-0.39, 0.29) is 25.3 Å². The molecule has 0 aliphatic heterocycles. The number of rotatable bonds is 5. The first-order valence-corrected chi connectivity index (χ1v) is 6.23. The maximum atomic E-state index is 11.3. The molecule has 17 heavy (non-hydrogen) atoms. The number of amides is 1. The van der Waals surface area contributed by atoms with Crippen LogP contribution in [0.3, 0.4) is 0 Å². The van der Waals surface area contributed by atoms with Gasteiger partial charge in [-0.15, -0.1) is 0 Å². The lowest BCUT2D eigenvalue weighted by Crippen LogP contribution is -2.42. The third kappa shape index (κ3) is 5.68. The zero-order valence-electron chi connectivity index (χ0n) is 10.1. The van der Waals surface area contributed by atoms with Gasteiger partial charge in [-0.25, -0.2) is 0 Å². The van der Waals surface area contributed by atoms with Crippen molar-refractivity contribution >= 4 is 11.9 Å². The second kappa shape index (κ2) is 6.59. The first-order chi connectivity index (χ1) is 8.02. The molecule has 1 fully saturated rings. The van der Waals surface area contributed by atoms with Crippen molar-refractivity contribution in [3.05, 3.63) is 0 Å². The summed E-state index contributed by atoms with van der Waals surface area (Å²) in [5.74, 6) is -1.28. The molecule has 0 aromatic rings. The largest absolute Gasteiger partial charge is 0.481 e. The van der Waals surface area contributed by atoms with Crippen LogP contribution < -0.4 is 5.32 Å². The van der Waals surface area contributed by atoms with E-state index in [9.17, 15) is 14.7 Å². The minimum absolute atomic E-state index is 0.0224. The van der Waals surface area contributed by atoms with E-state index in [1.807, 2.05) is 0 Å². The Kier molecular flexibility index (Phi) is 5.41. The van der Waals surface area contributed by atoms with Gasteiger partial charge in [0.2, 0.25) is 5.91 Å². The molecule has 98 valence electrons. The summed E-state index contributed by atoms with van der Waals surface area (Å²) in [6.07, 6.45) is 5.49. The fourth-order valence-corrected chi connectivity index (χ4v) is 2.14. The Labute approximate surface area is 101 Å². The molecule has 1 saturated carbocycles. The highest BCUT2D eigenvalue weighted by Crippen LogP contribution is 2.26. The van der Waals surface area contributed by atoms with Crippen molar-refractivity contribution in [3.63, 3.8) is 0 Å². The van der Waals surface area contributed by atoms with E-state index in [1.54, 1.807) is 0 Å². The highest BCUT2D eigenvalue weighted by molar-refractivity contribution is 5.80. The summed E-state index contributed by atoms with van der Waals surface area (Å²) in [4.78, 5) is 21.6. The quantitative estimate of drug-likeness (QED) is 0.630. The fraction of sp³-hybridized carbons (Fsp3) is 0.833. The van der Waals surface area contributed by atoms with Crippen molar-refractivity contribution in [1.29, 1.82) is 0 Å². The zero-order valence-corrected chi connectivity index (χ0v) is 10.1. The summed E-state index contributed by atoms with van der Waals surface area (Å²) < 4.78 is 0. The van der Waals surface area contributed by atoms with Crippen molar-refractivity contribution in [2.75, 3.05) is 6.54 Å². The van der Waals surface area contributed by atoms with Crippen LogP contribution >= 0.6 is 0 Å². The van der Waals surface area contributed by atoms with Crippen molar-refractivity contribution in [1.82, 2.24) is 5.32 Å². The molecule has 0 aromatic carbocycles. The molecule has 1 aliphatic carbocycles. The van der Waals surface area contributed by atoms with Gasteiger partial charge in [0, 0.05) is 13.0 Å². The van der Waals surface area contributed by atoms with Gasteiger partial charge in [0.25, 0.3) is 0 Å². The highest BCUT2D eigenvalue weighted by Gasteiger charge is 2.28. The lowest BCUT2D eigenvalue weighted by atomic mass is 9.94. The molecule has 1 aliphatic rings. The van der Waals surface area contributed by atoms with Gasteiger partial charge in [-0.1, -0.05) is 25.7 Å². The second-order valence-electron chi connectivity index (χ2n) is 4.81. The molecule has 1 rings (SSSR count). The number of carboxylic acid groups (broad SMARTS) is 1. The Hall–Kier alpha value is -1.10. The Morgan fingerprint density at radius 1 is 1.06 bits per heavy atom. The van der Waals surface area contributed by atoms with E-state index in [0.717, 1.165) is 25.7 Å². The van der Waals surface area contributed by atoms with Crippen LogP contribution in [0.15, 0.2) is 0 Å². The second-order valence-corrected chi connectivity index (χ2v) is 4.81. The van der Waals surface area contributed by atoms with Gasteiger partial charge in [0.15, 0.2) is 0 Å². The standard InChI is InChI=1S/C12H21NO4/c14-10(5-6-11(15)16)13-9-12(17)7-3-1-2-4-8-12/h17H,1-9H2,(H,13,14)(H,15,16). The highest BCUT2D eigenvalue weighted by atomic mass is 16.4. The molecule has 1 amide bonds. The van der Waals surface area contributed by atoms with E-state index in [2.05, 4.69) is 5.32 Å². The number of nitrogens with one attached hydrogen (secondary N) is 1. The molecule has 5 heteroatoms. The van der Waals surface area contributed by atoms with Crippen LogP contribution in [0.25, 0.3) is 0 Å². The summed E-state index contributed by atoms with van der Waals surface area (Å²) in [5, 5.41) is 21.3. The smallest absolute Gasteiger partial charge is 0.303 e. The Balaban J connectivity index is 2.27. The Morgan fingerprint density at radius 3 is 2.18 bits per heavy atom. The number of hydrogen-bond donors (Lipinski definition) is 3. The van der Waals surface area contributed by atoms with Crippen molar-refractivity contribution in [2.24, 2.45) is 0 Å². The van der Waals surface area contributed by atoms with Crippen LogP contribution in [-0.2, 0) is 9.59 Å². The van der Waals surface area contributed by atoms with Crippen LogP contribution in [0, 0.1) is 0 Å². The molecule has 0 saturated heterocycles. The molecule has 0 unspecified atom stereocenters. The molecule has 0 aromatic heterocycles. The molecule has 5 nitrogen and oxygen atoms in total. The molecular formula is C12H21NO4. The number of carboxylic acids is 1. The molecule has 0 spiro atoms. The van der Waals surface area contributed by atoms with E-state index in [1.165, 1.54) is 0 Å². The molecule has 0 radical (unpaired) electrons. The van der Waals surface area contributed by atoms with Crippen LogP contribution in [0.2, 0.25) is 0 Å². The maximum absolute atomic E-state index is 11.3. The van der Waals surface area contributed by atoms with Crippen LogP contribution in [-0.4, -0.2) is 34.2 Å². The number of aliphatic carboxylic acids is 1. The zero-order chi connectivity index (χ0) is 12.7. The van der Waals surface area contributed by atoms with E-state index >= 15 is 0 Å². The summed E-state index contributed by atoms with van der Waals surface area (Å²) in [6.45, 7) is 0.242. The minimum atomic E-state index is -0.978. The lowest BCUT2D eigenvalue weighted by Gasteiger charge is -2.26. The van der Waals surface area contributed by atoms with Crippen molar-refractivity contribution in [3.8, 4) is 0 Å². The van der Waals surface area contributed by atoms with Gasteiger partial charge in [-0.05, 0) is 12.8 Å². The summed E-state index contributed by atoms with van der Waals surface area (Å²) in [7, 11) is 0. The van der Waals surface area contributed by atoms with Gasteiger partial charge in [-0.3, -0.25) is 9.59 Å². The third-order valence-corrected chi connectivity index (χ3v) is 3.21. The normalized spacial score (nSPS) is 19.4. The predicted octanol–water partition coefficient (Wildman–Crippen LogP) is 1.05. The van der Waals surface area contributed by atoms with Gasteiger partial charge in [-0.2, -0.15) is 0 Å². The Bertz CT molecular complexity index is 270. The summed E-state index contributed by atoms with van der Waals surface area (Å²) >= 11 is 0. The van der Waals surface area contributed by atoms with Crippen molar-refractivity contribution < 1.29 is 19.8 Å². The fourth-order valence-electron chi connectivity index (χ4n) is 2.14. The third-order valence-electron chi connectivity index (χ3n) is 3.21. The van der Waals surface area contributed by atoms with Gasteiger partial charge in [0.1, 0.15) is 0 Å². The summed E-state index contributed by atoms with van der Waals surface area (Å²) in [5.41, 5.74) is -0.796. The first-order valence-electron chi connectivity index (χ1n) is 6.23. The molecule has 0 heterocycles. The van der Waals surface area contributed by atoms with Crippen LogP contribution in [0.4, 0.5) is 0 Å². The van der Waals surface area contributed by atoms with Gasteiger partial charge < -0.3 is 15.5 Å². The minimum Gasteiger partial charge on any atom is -0.481 e. The number of carbonyl (C=O) groups is 2. The number of hydrogen-bond acceptors (Lipinski definition) is 3. The van der Waals surface area contributed by atoms with E-state index < -0.39 is 11.6 Å². The van der Waals surface area contributed by atoms with E-state index in [0.29, 0.717) is 12.8 Å². The Morgan fingerprint density at radius 2 is 1.65 bits per heavy atom. The molecular weight excluding hydrogens is 222 g/mol. The average molecular weight is 243 g/mol. The van der Waals surface area contributed by atoms with Gasteiger partial charge >= 0.3 is 5.97 Å². The predicted molar refractivity (Wildman–Crippen MR) is 62.5 cm³/mol. The topological polar surface area (TPSA) is 86.6 Å². The van der Waals surface area contributed by atoms with Crippen molar-refractivity contribution in [2.45, 2.75) is 57.0 Å². The maximum Gasteiger partial charge on any atom is 0.303 e. The summed E-state index contributed by atoms with van der Waals surface area (Å²) in [6, 6.07) is 0. The average Bonchev–Trinajstić information content (AvgIpc) is 2.49. The number of carbonyl (C=O) groups excluding carboxylic acids is 1. The molecule has 0 atom stereocenters. The van der Waals surface area contributed by atoms with Gasteiger partial charge in [0.05, 0.1) is 12.0 Å². The SMILES string of the molecule is O=C(O)CCC(=O)NCC1(O)CCCCCC1.